The lowest BCUT2D eigenvalue weighted by molar-refractivity contribution is -0.286. The molecule has 1 fully saturated rings. The van der Waals surface area contributed by atoms with Crippen molar-refractivity contribution in [1.82, 2.24) is 0 Å². The van der Waals surface area contributed by atoms with Crippen LogP contribution < -0.4 is 14.8 Å². The van der Waals surface area contributed by atoms with Gasteiger partial charge < -0.3 is 19.5 Å². The Labute approximate surface area is 141 Å². The van der Waals surface area contributed by atoms with Gasteiger partial charge in [0.1, 0.15) is 0 Å². The van der Waals surface area contributed by atoms with Gasteiger partial charge in [-0.05, 0) is 18.6 Å². The Kier molecular flexibility index (Phi) is 4.27. The van der Waals surface area contributed by atoms with Crippen molar-refractivity contribution in [1.29, 1.82) is 0 Å². The largest absolute Gasteiger partial charge is 0.586 e. The molecule has 1 N–H and O–H groups in total. The van der Waals surface area contributed by atoms with Gasteiger partial charge in [0.25, 0.3) is 5.91 Å². The number of carbonyl (C=O) groups excluding carboxylic acids is 2. The molecule has 8 nitrogen and oxygen atoms in total. The van der Waals surface area contributed by atoms with Gasteiger partial charge in [-0.1, -0.05) is 0 Å². The molecule has 0 spiro atoms. The van der Waals surface area contributed by atoms with Gasteiger partial charge in [0, 0.05) is 11.8 Å². The Morgan fingerprint density at radius 3 is 2.68 bits per heavy atom. The molecule has 0 aliphatic carbocycles. The van der Waals surface area contributed by atoms with Crippen molar-refractivity contribution in [3.63, 3.8) is 0 Å². The van der Waals surface area contributed by atoms with Crippen molar-refractivity contribution in [2.75, 3.05) is 23.4 Å². The zero-order valence-corrected chi connectivity index (χ0v) is 13.5. The van der Waals surface area contributed by atoms with Gasteiger partial charge >= 0.3 is 12.3 Å². The van der Waals surface area contributed by atoms with E-state index in [-0.39, 0.29) is 35.1 Å². The quantitative estimate of drug-likeness (QED) is 0.778. The molecule has 25 heavy (non-hydrogen) atoms. The predicted octanol–water partition coefficient (Wildman–Crippen LogP) is 0.924. The number of benzene rings is 1. The Morgan fingerprint density at radius 1 is 1.28 bits per heavy atom. The molecule has 0 saturated carbocycles. The number of fused-ring (bicyclic) bond motifs is 1. The first-order valence-electron chi connectivity index (χ1n) is 7.20. The minimum absolute atomic E-state index is 0.0825. The zero-order chi connectivity index (χ0) is 18.2. The summed E-state index contributed by atoms with van der Waals surface area (Å²) in [5.74, 6) is -3.02. The molecule has 2 aliphatic heterocycles. The van der Waals surface area contributed by atoms with Crippen LogP contribution in [0.2, 0.25) is 0 Å². The van der Waals surface area contributed by atoms with E-state index in [0.717, 1.165) is 6.07 Å². The number of rotatable bonds is 4. The molecule has 0 bridgehead atoms. The summed E-state index contributed by atoms with van der Waals surface area (Å²) in [6.45, 7) is -0.625. The molecule has 1 atom stereocenters. The highest BCUT2D eigenvalue weighted by atomic mass is 32.2. The van der Waals surface area contributed by atoms with Crippen LogP contribution in [0.3, 0.4) is 0 Å². The van der Waals surface area contributed by atoms with Crippen LogP contribution in [-0.2, 0) is 24.2 Å². The summed E-state index contributed by atoms with van der Waals surface area (Å²) < 4.78 is 61.7. The van der Waals surface area contributed by atoms with Crippen LogP contribution in [0.15, 0.2) is 18.2 Å². The second-order valence-electron chi connectivity index (χ2n) is 5.58. The number of anilines is 1. The normalized spacial score (nSPS) is 22.4. The fourth-order valence-electron chi connectivity index (χ4n) is 2.46. The molecule has 136 valence electrons. The average Bonchev–Trinajstić information content (AvgIpc) is 3.01. The standard InChI is InChI=1S/C14H13F2NO7S/c15-14(16)23-10-2-1-9(5-11(10)24-14)17-12(18)6-22-13(19)8-3-4-25(20,21)7-8/h1-2,5,8H,3-4,6-7H2,(H,17,18). The van der Waals surface area contributed by atoms with E-state index >= 15 is 0 Å². The number of hydrogen-bond donors (Lipinski definition) is 1. The molecule has 1 aromatic rings. The average molecular weight is 377 g/mol. The van der Waals surface area contributed by atoms with Crippen LogP contribution in [0.1, 0.15) is 6.42 Å². The number of carbonyl (C=O) groups is 2. The topological polar surface area (TPSA) is 108 Å². The summed E-state index contributed by atoms with van der Waals surface area (Å²) in [5, 5.41) is 2.35. The number of hydrogen-bond acceptors (Lipinski definition) is 7. The monoisotopic (exact) mass is 377 g/mol. The SMILES string of the molecule is O=C(COC(=O)C1CCS(=O)(=O)C1)Nc1ccc2c(c1)OC(F)(F)O2. The van der Waals surface area contributed by atoms with E-state index in [1.165, 1.54) is 12.1 Å². The second-order valence-corrected chi connectivity index (χ2v) is 7.81. The molecular weight excluding hydrogens is 364 g/mol. The molecule has 0 radical (unpaired) electrons. The molecule has 3 rings (SSSR count). The minimum atomic E-state index is -3.76. The number of ether oxygens (including phenoxy) is 3. The van der Waals surface area contributed by atoms with Crippen molar-refractivity contribution < 1.29 is 41.0 Å². The van der Waals surface area contributed by atoms with Gasteiger partial charge in [0.05, 0.1) is 17.4 Å². The molecular formula is C14H13F2NO7S. The molecule has 1 unspecified atom stereocenters. The Bertz CT molecular complexity index is 824. The van der Waals surface area contributed by atoms with E-state index < -0.39 is 40.5 Å². The van der Waals surface area contributed by atoms with E-state index in [0.29, 0.717) is 0 Å². The Morgan fingerprint density at radius 2 is 2.00 bits per heavy atom. The fourth-order valence-corrected chi connectivity index (χ4v) is 4.19. The summed E-state index contributed by atoms with van der Waals surface area (Å²) in [6, 6.07) is 3.65. The maximum Gasteiger partial charge on any atom is 0.586 e. The summed E-state index contributed by atoms with van der Waals surface area (Å²) in [6.07, 6.45) is -3.60. The van der Waals surface area contributed by atoms with Crippen LogP contribution in [0.5, 0.6) is 11.5 Å². The highest BCUT2D eigenvalue weighted by Crippen LogP contribution is 2.42. The van der Waals surface area contributed by atoms with Crippen molar-refractivity contribution >= 4 is 27.4 Å². The minimum Gasteiger partial charge on any atom is -0.455 e. The summed E-state index contributed by atoms with van der Waals surface area (Å²) >= 11 is 0. The lowest BCUT2D eigenvalue weighted by atomic mass is 10.1. The molecule has 1 saturated heterocycles. The van der Waals surface area contributed by atoms with Crippen molar-refractivity contribution in [2.45, 2.75) is 12.7 Å². The van der Waals surface area contributed by atoms with E-state index in [2.05, 4.69) is 14.8 Å². The van der Waals surface area contributed by atoms with Gasteiger partial charge in [-0.15, -0.1) is 8.78 Å². The van der Waals surface area contributed by atoms with Crippen molar-refractivity contribution in [3.05, 3.63) is 18.2 Å². The maximum atomic E-state index is 12.9. The van der Waals surface area contributed by atoms with Gasteiger partial charge in [-0.3, -0.25) is 9.59 Å². The number of sulfone groups is 1. The summed E-state index contributed by atoms with van der Waals surface area (Å²) in [5.41, 5.74) is 0.143. The number of amides is 1. The summed E-state index contributed by atoms with van der Waals surface area (Å²) in [7, 11) is -3.23. The smallest absolute Gasteiger partial charge is 0.455 e. The first kappa shape index (κ1) is 17.4. The predicted molar refractivity (Wildman–Crippen MR) is 79.0 cm³/mol. The zero-order valence-electron chi connectivity index (χ0n) is 12.7. The highest BCUT2D eigenvalue weighted by Gasteiger charge is 2.43. The molecule has 0 aromatic heterocycles. The molecule has 1 amide bonds. The van der Waals surface area contributed by atoms with Gasteiger partial charge in [-0.25, -0.2) is 8.42 Å². The third kappa shape index (κ3) is 4.16. The lowest BCUT2D eigenvalue weighted by Gasteiger charge is -2.09. The number of nitrogens with one attached hydrogen (secondary N) is 1. The van der Waals surface area contributed by atoms with E-state index in [1.54, 1.807) is 0 Å². The Hall–Kier alpha value is -2.43. The van der Waals surface area contributed by atoms with Gasteiger partial charge in [-0.2, -0.15) is 0 Å². The third-order valence-electron chi connectivity index (χ3n) is 3.60. The van der Waals surface area contributed by atoms with Gasteiger partial charge in [0.15, 0.2) is 27.9 Å². The number of halogens is 2. The second kappa shape index (κ2) is 6.14. The van der Waals surface area contributed by atoms with Crippen molar-refractivity contribution in [3.8, 4) is 11.5 Å². The lowest BCUT2D eigenvalue weighted by Crippen LogP contribution is -2.26. The van der Waals surface area contributed by atoms with E-state index in [9.17, 15) is 26.8 Å². The maximum absolute atomic E-state index is 12.9. The van der Waals surface area contributed by atoms with Crippen LogP contribution in [0.25, 0.3) is 0 Å². The van der Waals surface area contributed by atoms with Crippen LogP contribution in [0.4, 0.5) is 14.5 Å². The highest BCUT2D eigenvalue weighted by molar-refractivity contribution is 7.91. The van der Waals surface area contributed by atoms with E-state index in [4.69, 9.17) is 4.74 Å². The third-order valence-corrected chi connectivity index (χ3v) is 5.36. The van der Waals surface area contributed by atoms with Gasteiger partial charge in [0.2, 0.25) is 0 Å². The molecule has 2 heterocycles. The van der Waals surface area contributed by atoms with Crippen LogP contribution >= 0.6 is 0 Å². The van der Waals surface area contributed by atoms with Crippen LogP contribution in [0, 0.1) is 5.92 Å². The molecule has 11 heteroatoms. The van der Waals surface area contributed by atoms with Crippen molar-refractivity contribution in [2.24, 2.45) is 5.92 Å². The number of esters is 1. The first-order valence-corrected chi connectivity index (χ1v) is 9.02. The summed E-state index contributed by atoms with van der Waals surface area (Å²) in [4.78, 5) is 23.5. The fraction of sp³-hybridized carbons (Fsp3) is 0.429. The Balaban J connectivity index is 1.51. The van der Waals surface area contributed by atoms with Crippen LogP contribution in [-0.4, -0.2) is 44.7 Å². The number of alkyl halides is 2. The molecule has 1 aromatic carbocycles. The molecule has 2 aliphatic rings. The van der Waals surface area contributed by atoms with E-state index in [1.807, 2.05) is 0 Å². The first-order chi connectivity index (χ1) is 11.6.